The maximum Gasteiger partial charge on any atom is 0.152 e. The van der Waals surface area contributed by atoms with E-state index < -0.39 is 0 Å². The zero-order valence-corrected chi connectivity index (χ0v) is 12.0. The van der Waals surface area contributed by atoms with Gasteiger partial charge in [-0.3, -0.25) is 0 Å². The quantitative estimate of drug-likeness (QED) is 0.438. The summed E-state index contributed by atoms with van der Waals surface area (Å²) in [6.45, 7) is 0. The number of para-hydroxylation sites is 3. The zero-order valence-electron chi connectivity index (χ0n) is 12.0. The van der Waals surface area contributed by atoms with Crippen LogP contribution in [0.2, 0.25) is 0 Å². The Morgan fingerprint density at radius 3 is 2.64 bits per heavy atom. The number of rotatable bonds is 1. The Morgan fingerprint density at radius 1 is 0.864 bits per heavy atom. The predicted octanol–water partition coefficient (Wildman–Crippen LogP) is 4.90. The van der Waals surface area contributed by atoms with Gasteiger partial charge in [0.2, 0.25) is 0 Å². The van der Waals surface area contributed by atoms with Crippen LogP contribution in [0, 0.1) is 0 Å². The van der Waals surface area contributed by atoms with E-state index in [1.165, 1.54) is 16.3 Å². The van der Waals surface area contributed by atoms with Crippen LogP contribution in [-0.4, -0.2) is 11.7 Å². The van der Waals surface area contributed by atoms with Crippen molar-refractivity contribution < 1.29 is 9.47 Å². The minimum Gasteiger partial charge on any atom is -0.497 e. The Morgan fingerprint density at radius 2 is 1.73 bits per heavy atom. The molecule has 0 atom stereocenters. The van der Waals surface area contributed by atoms with E-state index in [0.717, 1.165) is 28.5 Å². The van der Waals surface area contributed by atoms with Crippen molar-refractivity contribution in [2.24, 2.45) is 0 Å². The molecule has 0 saturated carbocycles. The second kappa shape index (κ2) is 4.04. The van der Waals surface area contributed by atoms with Gasteiger partial charge in [-0.15, -0.1) is 0 Å². The van der Waals surface area contributed by atoms with Crippen molar-refractivity contribution >= 4 is 21.8 Å². The first-order valence-electron chi connectivity index (χ1n) is 7.25. The van der Waals surface area contributed by atoms with Gasteiger partial charge >= 0.3 is 0 Å². The van der Waals surface area contributed by atoms with Crippen molar-refractivity contribution in [3.63, 3.8) is 0 Å². The highest BCUT2D eigenvalue weighted by atomic mass is 16.5. The molecule has 0 spiro atoms. The second-order valence-electron chi connectivity index (χ2n) is 5.44. The van der Waals surface area contributed by atoms with Gasteiger partial charge in [-0.25, -0.2) is 0 Å². The third-order valence-corrected chi connectivity index (χ3v) is 4.28. The van der Waals surface area contributed by atoms with Crippen molar-refractivity contribution in [1.82, 2.24) is 4.57 Å². The maximum absolute atomic E-state index is 6.08. The molecule has 0 N–H and O–H groups in total. The van der Waals surface area contributed by atoms with Crippen LogP contribution in [-0.2, 0) is 0 Å². The van der Waals surface area contributed by atoms with Gasteiger partial charge in [0.25, 0.3) is 0 Å². The molecule has 0 amide bonds. The Balaban J connectivity index is 2.04. The molecule has 106 valence electrons. The van der Waals surface area contributed by atoms with Crippen LogP contribution < -0.4 is 9.47 Å². The average molecular weight is 287 g/mol. The van der Waals surface area contributed by atoms with E-state index in [9.17, 15) is 0 Å². The van der Waals surface area contributed by atoms with Gasteiger partial charge in [0.05, 0.1) is 23.8 Å². The Labute approximate surface area is 127 Å². The normalized spacial score (nSPS) is 12.2. The van der Waals surface area contributed by atoms with Crippen LogP contribution in [0.15, 0.2) is 60.7 Å². The van der Waals surface area contributed by atoms with Gasteiger partial charge in [0.15, 0.2) is 11.5 Å². The lowest BCUT2D eigenvalue weighted by molar-refractivity contribution is 0.415. The number of nitrogens with zero attached hydrogens (tertiary/aromatic N) is 1. The van der Waals surface area contributed by atoms with Crippen molar-refractivity contribution in [2.75, 3.05) is 7.11 Å². The molecule has 22 heavy (non-hydrogen) atoms. The van der Waals surface area contributed by atoms with Gasteiger partial charge in [0, 0.05) is 10.8 Å². The lowest BCUT2D eigenvalue weighted by Gasteiger charge is -2.20. The topological polar surface area (TPSA) is 23.4 Å². The van der Waals surface area contributed by atoms with Crippen LogP contribution in [0.4, 0.5) is 0 Å². The van der Waals surface area contributed by atoms with Crippen LogP contribution in [0.5, 0.6) is 17.2 Å². The summed E-state index contributed by atoms with van der Waals surface area (Å²) >= 11 is 0. The van der Waals surface area contributed by atoms with Crippen molar-refractivity contribution in [3.8, 4) is 22.9 Å². The van der Waals surface area contributed by atoms with Gasteiger partial charge in [-0.1, -0.05) is 24.3 Å². The molecule has 0 aliphatic carbocycles. The molecule has 0 unspecified atom stereocenters. The first-order chi connectivity index (χ1) is 10.9. The molecule has 0 radical (unpaired) electrons. The minimum absolute atomic E-state index is 0.866. The molecule has 3 nitrogen and oxygen atoms in total. The Bertz CT molecular complexity index is 1050. The van der Waals surface area contributed by atoms with Crippen molar-refractivity contribution in [3.05, 3.63) is 60.7 Å². The van der Waals surface area contributed by atoms with Crippen molar-refractivity contribution in [2.45, 2.75) is 0 Å². The number of benzene rings is 3. The zero-order chi connectivity index (χ0) is 14.7. The van der Waals surface area contributed by atoms with E-state index >= 15 is 0 Å². The number of methoxy groups -OCH3 is 1. The lowest BCUT2D eigenvalue weighted by atomic mass is 10.1. The highest BCUT2D eigenvalue weighted by molar-refractivity contribution is 6.12. The lowest BCUT2D eigenvalue weighted by Crippen LogP contribution is -2.03. The third kappa shape index (κ3) is 1.35. The fourth-order valence-corrected chi connectivity index (χ4v) is 3.32. The highest BCUT2D eigenvalue weighted by Gasteiger charge is 2.23. The van der Waals surface area contributed by atoms with Crippen LogP contribution in [0.25, 0.3) is 27.5 Å². The number of hydrogen-bond acceptors (Lipinski definition) is 2. The first kappa shape index (κ1) is 11.7. The molecule has 3 aromatic carbocycles. The number of aromatic nitrogens is 1. The summed E-state index contributed by atoms with van der Waals surface area (Å²) in [6.07, 6.45) is 0. The molecule has 1 aliphatic rings. The molecule has 1 aliphatic heterocycles. The largest absolute Gasteiger partial charge is 0.497 e. The number of ether oxygens (including phenoxy) is 2. The van der Waals surface area contributed by atoms with Crippen LogP contribution in [0.1, 0.15) is 0 Å². The molecular formula is C19H13NO2. The van der Waals surface area contributed by atoms with E-state index in [1.807, 2.05) is 36.4 Å². The molecule has 5 rings (SSSR count). The molecule has 0 bridgehead atoms. The average Bonchev–Trinajstić information content (AvgIpc) is 2.91. The van der Waals surface area contributed by atoms with E-state index in [1.54, 1.807) is 7.11 Å². The van der Waals surface area contributed by atoms with Crippen LogP contribution >= 0.6 is 0 Å². The van der Waals surface area contributed by atoms with E-state index in [-0.39, 0.29) is 0 Å². The van der Waals surface area contributed by atoms with E-state index in [4.69, 9.17) is 9.47 Å². The monoisotopic (exact) mass is 287 g/mol. The fourth-order valence-electron chi connectivity index (χ4n) is 3.32. The third-order valence-electron chi connectivity index (χ3n) is 4.28. The molecule has 3 heteroatoms. The van der Waals surface area contributed by atoms with Gasteiger partial charge in [-0.05, 0) is 36.4 Å². The maximum atomic E-state index is 6.08. The minimum atomic E-state index is 0.866. The highest BCUT2D eigenvalue weighted by Crippen LogP contribution is 2.45. The molecule has 2 heterocycles. The van der Waals surface area contributed by atoms with Gasteiger partial charge in [0.1, 0.15) is 5.75 Å². The Hall–Kier alpha value is -2.94. The summed E-state index contributed by atoms with van der Waals surface area (Å²) in [4.78, 5) is 0. The Kier molecular flexibility index (Phi) is 2.15. The SMILES string of the molecule is COc1ccc2c(c1)c1cccc3c1n2-c1ccccc1O3. The molecule has 1 aromatic heterocycles. The van der Waals surface area contributed by atoms with Crippen LogP contribution in [0.3, 0.4) is 0 Å². The molecule has 4 aromatic rings. The van der Waals surface area contributed by atoms with E-state index in [2.05, 4.69) is 28.8 Å². The summed E-state index contributed by atoms with van der Waals surface area (Å²) in [7, 11) is 1.70. The summed E-state index contributed by atoms with van der Waals surface area (Å²) in [5.41, 5.74) is 3.36. The summed E-state index contributed by atoms with van der Waals surface area (Å²) in [5, 5.41) is 2.36. The number of fused-ring (bicyclic) bond motifs is 5. The molecule has 0 saturated heterocycles. The fraction of sp³-hybridized carbons (Fsp3) is 0.0526. The summed E-state index contributed by atoms with van der Waals surface area (Å²) < 4.78 is 13.7. The standard InChI is InChI=1S/C19H13NO2/c1-21-12-9-10-15-14(11-12)13-5-4-8-18-19(13)20(15)16-6-2-3-7-17(16)22-18/h2-11H,1H3. The van der Waals surface area contributed by atoms with Gasteiger partial charge in [-0.2, -0.15) is 0 Å². The summed E-state index contributed by atoms with van der Waals surface area (Å²) in [6, 6.07) is 20.5. The second-order valence-corrected chi connectivity index (χ2v) is 5.44. The predicted molar refractivity (Wildman–Crippen MR) is 87.4 cm³/mol. The number of hydrogen-bond donors (Lipinski definition) is 0. The smallest absolute Gasteiger partial charge is 0.152 e. The van der Waals surface area contributed by atoms with Crippen molar-refractivity contribution in [1.29, 1.82) is 0 Å². The van der Waals surface area contributed by atoms with E-state index in [0.29, 0.717) is 0 Å². The summed E-state index contributed by atoms with van der Waals surface area (Å²) in [5.74, 6) is 2.65. The molecular weight excluding hydrogens is 274 g/mol. The van der Waals surface area contributed by atoms with Gasteiger partial charge < -0.3 is 14.0 Å². The molecule has 0 fully saturated rings. The first-order valence-corrected chi connectivity index (χ1v) is 7.25.